The maximum Gasteiger partial charge on any atom is 0.335 e. The summed E-state index contributed by atoms with van der Waals surface area (Å²) >= 11 is 0. The number of amides is 2. The molecule has 8 heteroatoms. The van der Waals surface area contributed by atoms with Crippen molar-refractivity contribution in [2.45, 2.75) is 32.7 Å². The summed E-state index contributed by atoms with van der Waals surface area (Å²) in [5.74, 6) is -0.700. The van der Waals surface area contributed by atoms with Crippen LogP contribution in [0.25, 0.3) is 11.1 Å². The second-order valence-electron chi connectivity index (χ2n) is 10.7. The first-order valence-corrected chi connectivity index (χ1v) is 13.7. The average Bonchev–Trinajstić information content (AvgIpc) is 3.47. The molecule has 1 N–H and O–H groups in total. The van der Waals surface area contributed by atoms with Gasteiger partial charge in [0.05, 0.1) is 17.3 Å². The Morgan fingerprint density at radius 2 is 1.55 bits per heavy atom. The fraction of sp³-hybridized carbons (Fsp3) is 0.344. The van der Waals surface area contributed by atoms with Gasteiger partial charge in [-0.25, -0.2) is 4.79 Å². The van der Waals surface area contributed by atoms with E-state index in [1.807, 2.05) is 57.3 Å². The Morgan fingerprint density at radius 3 is 2.17 bits per heavy atom. The molecule has 2 heterocycles. The molecule has 8 nitrogen and oxygen atoms in total. The van der Waals surface area contributed by atoms with Crippen LogP contribution >= 0.6 is 0 Å². The SMILES string of the molecule is Cc1cc2c(cc1C)N(CC(=O)N(C)C(CN1CCCC1)c1ccc(-c3ccc(C(=O)O)cc3)cc1)C(=O)CO2. The van der Waals surface area contributed by atoms with Crippen molar-refractivity contribution in [3.63, 3.8) is 0 Å². The Morgan fingerprint density at radius 1 is 0.950 bits per heavy atom. The Labute approximate surface area is 234 Å². The lowest BCUT2D eigenvalue weighted by Crippen LogP contribution is -2.47. The van der Waals surface area contributed by atoms with Crippen molar-refractivity contribution in [3.8, 4) is 16.9 Å². The van der Waals surface area contributed by atoms with Crippen LogP contribution in [0.5, 0.6) is 5.75 Å². The molecule has 2 aliphatic rings. The zero-order valence-corrected chi connectivity index (χ0v) is 23.2. The number of ether oxygens (including phenoxy) is 1. The van der Waals surface area contributed by atoms with E-state index in [4.69, 9.17) is 4.74 Å². The van der Waals surface area contributed by atoms with Crippen molar-refractivity contribution in [1.29, 1.82) is 0 Å². The molecule has 5 rings (SSSR count). The number of benzene rings is 3. The predicted octanol–water partition coefficient (Wildman–Crippen LogP) is 4.69. The fourth-order valence-electron chi connectivity index (χ4n) is 5.41. The van der Waals surface area contributed by atoms with E-state index in [1.165, 1.54) is 0 Å². The minimum absolute atomic E-state index is 0.0568. The number of carboxylic acid groups (broad SMARTS) is 1. The number of carbonyl (C=O) groups is 3. The number of hydrogen-bond donors (Lipinski definition) is 1. The highest BCUT2D eigenvalue weighted by Gasteiger charge is 2.32. The molecule has 0 spiro atoms. The molecule has 0 aromatic heterocycles. The minimum Gasteiger partial charge on any atom is -0.482 e. The number of anilines is 1. The van der Waals surface area contributed by atoms with Crippen LogP contribution in [0.3, 0.4) is 0 Å². The first-order chi connectivity index (χ1) is 19.2. The number of likely N-dealkylation sites (tertiary alicyclic amines) is 1. The van der Waals surface area contributed by atoms with Crippen LogP contribution in [-0.2, 0) is 9.59 Å². The molecule has 3 aromatic carbocycles. The number of nitrogens with zero attached hydrogens (tertiary/aromatic N) is 3. The van der Waals surface area contributed by atoms with Gasteiger partial charge in [-0.3, -0.25) is 14.5 Å². The van der Waals surface area contributed by atoms with Gasteiger partial charge >= 0.3 is 5.97 Å². The van der Waals surface area contributed by atoms with E-state index in [0.29, 0.717) is 18.0 Å². The largest absolute Gasteiger partial charge is 0.482 e. The molecule has 0 radical (unpaired) electrons. The van der Waals surface area contributed by atoms with E-state index < -0.39 is 5.97 Å². The molecule has 2 aliphatic heterocycles. The maximum atomic E-state index is 13.7. The van der Waals surface area contributed by atoms with E-state index in [9.17, 15) is 19.5 Å². The zero-order valence-electron chi connectivity index (χ0n) is 23.2. The van der Waals surface area contributed by atoms with E-state index >= 15 is 0 Å². The zero-order chi connectivity index (χ0) is 28.4. The van der Waals surface area contributed by atoms with Gasteiger partial charge in [0.15, 0.2) is 6.61 Å². The molecule has 0 aliphatic carbocycles. The van der Waals surface area contributed by atoms with Gasteiger partial charge in [0.25, 0.3) is 5.91 Å². The summed E-state index contributed by atoms with van der Waals surface area (Å²) in [6, 6.07) is 18.5. The number of likely N-dealkylation sites (N-methyl/N-ethyl adjacent to an activating group) is 1. The van der Waals surface area contributed by atoms with Gasteiger partial charge in [0.1, 0.15) is 12.3 Å². The molecule has 1 unspecified atom stereocenters. The Hall–Kier alpha value is -4.17. The molecule has 1 fully saturated rings. The molecule has 0 saturated carbocycles. The summed E-state index contributed by atoms with van der Waals surface area (Å²) in [6.07, 6.45) is 2.29. The van der Waals surface area contributed by atoms with Crippen molar-refractivity contribution in [3.05, 3.63) is 82.9 Å². The number of carboxylic acids is 1. The predicted molar refractivity (Wildman–Crippen MR) is 154 cm³/mol. The smallest absolute Gasteiger partial charge is 0.335 e. The molecule has 208 valence electrons. The minimum atomic E-state index is -0.952. The summed E-state index contributed by atoms with van der Waals surface area (Å²) in [5.41, 5.74) is 5.89. The number of hydrogen-bond acceptors (Lipinski definition) is 5. The van der Waals surface area contributed by atoms with Crippen LogP contribution in [-0.4, -0.2) is 72.5 Å². The topological polar surface area (TPSA) is 90.4 Å². The van der Waals surface area contributed by atoms with Gasteiger partial charge in [0, 0.05) is 13.6 Å². The van der Waals surface area contributed by atoms with Crippen LogP contribution in [0, 0.1) is 13.8 Å². The van der Waals surface area contributed by atoms with Crippen LogP contribution in [0.2, 0.25) is 0 Å². The Balaban J connectivity index is 1.38. The molecule has 40 heavy (non-hydrogen) atoms. The van der Waals surface area contributed by atoms with Crippen LogP contribution in [0.1, 0.15) is 45.9 Å². The van der Waals surface area contributed by atoms with E-state index in [1.54, 1.807) is 34.1 Å². The maximum absolute atomic E-state index is 13.7. The number of carbonyl (C=O) groups excluding carboxylic acids is 2. The molecule has 2 amide bonds. The standard InChI is InChI=1S/C32H35N3O5/c1-21-16-27-29(17-22(21)2)40-20-31(37)35(27)19-30(36)33(3)28(18-34-14-4-5-15-34)25-10-6-23(7-11-25)24-8-12-26(13-9-24)32(38)39/h6-13,16-17,28H,4-5,14-15,18-20H2,1-3H3,(H,38,39). The second-order valence-corrected chi connectivity index (χ2v) is 10.7. The number of fused-ring (bicyclic) bond motifs is 1. The molecule has 1 saturated heterocycles. The highest BCUT2D eigenvalue weighted by atomic mass is 16.5. The lowest BCUT2D eigenvalue weighted by molar-refractivity contribution is -0.133. The van der Waals surface area contributed by atoms with E-state index in [0.717, 1.165) is 53.7 Å². The lowest BCUT2D eigenvalue weighted by Gasteiger charge is -2.35. The van der Waals surface area contributed by atoms with Gasteiger partial charge < -0.3 is 19.6 Å². The average molecular weight is 542 g/mol. The van der Waals surface area contributed by atoms with Gasteiger partial charge in [-0.1, -0.05) is 36.4 Å². The van der Waals surface area contributed by atoms with Gasteiger partial charge in [0.2, 0.25) is 5.91 Å². The van der Waals surface area contributed by atoms with Crippen molar-refractivity contribution >= 4 is 23.5 Å². The highest BCUT2D eigenvalue weighted by Crippen LogP contribution is 2.35. The molecular weight excluding hydrogens is 506 g/mol. The summed E-state index contributed by atoms with van der Waals surface area (Å²) in [7, 11) is 1.81. The van der Waals surface area contributed by atoms with E-state index in [2.05, 4.69) is 4.90 Å². The van der Waals surface area contributed by atoms with Crippen molar-refractivity contribution in [1.82, 2.24) is 9.80 Å². The van der Waals surface area contributed by atoms with Gasteiger partial charge in [-0.15, -0.1) is 0 Å². The molecule has 0 bridgehead atoms. The van der Waals surface area contributed by atoms with Gasteiger partial charge in [-0.05, 0) is 91.9 Å². The normalized spacial score (nSPS) is 15.9. The molecular formula is C32H35N3O5. The third kappa shape index (κ3) is 5.72. The fourth-order valence-corrected chi connectivity index (χ4v) is 5.41. The first-order valence-electron chi connectivity index (χ1n) is 13.7. The third-order valence-corrected chi connectivity index (χ3v) is 8.06. The monoisotopic (exact) mass is 541 g/mol. The summed E-state index contributed by atoms with van der Waals surface area (Å²) < 4.78 is 5.66. The second kappa shape index (κ2) is 11.5. The number of rotatable bonds is 8. The van der Waals surface area contributed by atoms with Crippen LogP contribution < -0.4 is 9.64 Å². The number of aromatic carboxylic acids is 1. The first kappa shape index (κ1) is 27.4. The summed E-state index contributed by atoms with van der Waals surface area (Å²) in [5, 5.41) is 9.18. The quantitative estimate of drug-likeness (QED) is 0.445. The van der Waals surface area contributed by atoms with Crippen LogP contribution in [0.15, 0.2) is 60.7 Å². The van der Waals surface area contributed by atoms with Gasteiger partial charge in [-0.2, -0.15) is 0 Å². The molecule has 3 aromatic rings. The lowest BCUT2D eigenvalue weighted by atomic mass is 9.99. The summed E-state index contributed by atoms with van der Waals surface area (Å²) in [6.45, 7) is 6.55. The highest BCUT2D eigenvalue weighted by molar-refractivity contribution is 6.02. The van der Waals surface area contributed by atoms with E-state index in [-0.39, 0.29) is 36.6 Å². The third-order valence-electron chi connectivity index (χ3n) is 8.06. The van der Waals surface area contributed by atoms with Crippen molar-refractivity contribution < 1.29 is 24.2 Å². The Bertz CT molecular complexity index is 1410. The summed E-state index contributed by atoms with van der Waals surface area (Å²) in [4.78, 5) is 43.4. The molecule has 1 atom stereocenters. The Kier molecular flexibility index (Phi) is 7.89. The van der Waals surface area contributed by atoms with Crippen molar-refractivity contribution in [2.75, 3.05) is 44.7 Å². The van der Waals surface area contributed by atoms with Crippen molar-refractivity contribution in [2.24, 2.45) is 0 Å². The number of aryl methyl sites for hydroxylation is 2. The van der Waals surface area contributed by atoms with Crippen LogP contribution in [0.4, 0.5) is 5.69 Å².